The number of anilines is 1. The Morgan fingerprint density at radius 3 is 2.54 bits per heavy atom. The van der Waals surface area contributed by atoms with Crippen LogP contribution in [0.5, 0.6) is 5.75 Å². The van der Waals surface area contributed by atoms with Crippen molar-refractivity contribution in [2.24, 2.45) is 0 Å². The number of hydrogen-bond acceptors (Lipinski definition) is 2. The van der Waals surface area contributed by atoms with Crippen molar-refractivity contribution in [3.05, 3.63) is 24.0 Å². The lowest BCUT2D eigenvalue weighted by Crippen LogP contribution is -2.02. The minimum atomic E-state index is -2.93. The molecule has 0 fully saturated rings. The highest BCUT2D eigenvalue weighted by Crippen LogP contribution is 2.21. The van der Waals surface area contributed by atoms with E-state index >= 15 is 0 Å². The summed E-state index contributed by atoms with van der Waals surface area (Å²) in [6, 6.07) is 3.49. The van der Waals surface area contributed by atoms with Crippen molar-refractivity contribution in [1.82, 2.24) is 0 Å². The molecule has 0 radical (unpaired) electrons. The summed E-state index contributed by atoms with van der Waals surface area (Å²) in [4.78, 5) is 0. The van der Waals surface area contributed by atoms with Gasteiger partial charge in [0.15, 0.2) is 0 Å². The van der Waals surface area contributed by atoms with Gasteiger partial charge in [-0.2, -0.15) is 8.78 Å². The van der Waals surface area contributed by atoms with Gasteiger partial charge in [0.2, 0.25) is 0 Å². The Bertz CT molecular complexity index is 291. The molecule has 0 aromatic heterocycles. The largest absolute Gasteiger partial charge is 0.435 e. The lowest BCUT2D eigenvalue weighted by atomic mass is 10.3. The number of rotatable bonds is 3. The van der Waals surface area contributed by atoms with Crippen LogP contribution in [0.15, 0.2) is 18.2 Å². The Kier molecular flexibility index (Phi) is 3.00. The van der Waals surface area contributed by atoms with Crippen LogP contribution in [-0.4, -0.2) is 13.7 Å². The van der Waals surface area contributed by atoms with E-state index in [-0.39, 0.29) is 11.4 Å². The average Bonchev–Trinajstić information content (AvgIpc) is 2.03. The van der Waals surface area contributed by atoms with E-state index in [1.165, 1.54) is 19.2 Å². The Balaban J connectivity index is 2.83. The van der Waals surface area contributed by atoms with Crippen molar-refractivity contribution < 1.29 is 17.9 Å². The van der Waals surface area contributed by atoms with Crippen LogP contribution in [0.2, 0.25) is 0 Å². The second-order valence-electron chi connectivity index (χ2n) is 2.27. The molecule has 0 saturated carbocycles. The first-order valence-electron chi connectivity index (χ1n) is 3.55. The first-order valence-corrected chi connectivity index (χ1v) is 3.55. The van der Waals surface area contributed by atoms with E-state index in [0.29, 0.717) is 0 Å². The van der Waals surface area contributed by atoms with Crippen LogP contribution in [0.25, 0.3) is 0 Å². The highest BCUT2D eigenvalue weighted by Gasteiger charge is 2.06. The smallest absolute Gasteiger partial charge is 0.387 e. The standard InChI is InChI=1S/C8H8F3NO/c1-12-7-3-2-5(4-6(7)9)13-8(10)11/h2-4,8,12H,1H3. The van der Waals surface area contributed by atoms with Crippen molar-refractivity contribution in [3.8, 4) is 5.75 Å². The van der Waals surface area contributed by atoms with Gasteiger partial charge in [0, 0.05) is 13.1 Å². The second kappa shape index (κ2) is 4.02. The molecule has 0 aliphatic heterocycles. The van der Waals surface area contributed by atoms with Gasteiger partial charge >= 0.3 is 6.61 Å². The zero-order chi connectivity index (χ0) is 9.84. The maximum atomic E-state index is 12.9. The number of halogens is 3. The molecule has 13 heavy (non-hydrogen) atoms. The van der Waals surface area contributed by atoms with Crippen LogP contribution in [0.3, 0.4) is 0 Å². The third-order valence-corrected chi connectivity index (χ3v) is 1.44. The van der Waals surface area contributed by atoms with E-state index in [9.17, 15) is 13.2 Å². The van der Waals surface area contributed by atoms with E-state index in [1.54, 1.807) is 0 Å². The highest BCUT2D eigenvalue weighted by atomic mass is 19.3. The quantitative estimate of drug-likeness (QED) is 0.792. The molecule has 0 unspecified atom stereocenters. The molecular weight excluding hydrogens is 183 g/mol. The molecule has 0 heterocycles. The summed E-state index contributed by atoms with van der Waals surface area (Å²) >= 11 is 0. The summed E-state index contributed by atoms with van der Waals surface area (Å²) in [6.45, 7) is -2.93. The predicted octanol–water partition coefficient (Wildman–Crippen LogP) is 2.47. The summed E-state index contributed by atoms with van der Waals surface area (Å²) in [6.07, 6.45) is 0. The molecule has 1 aromatic carbocycles. The zero-order valence-electron chi connectivity index (χ0n) is 6.85. The highest BCUT2D eigenvalue weighted by molar-refractivity contribution is 5.47. The second-order valence-corrected chi connectivity index (χ2v) is 2.27. The van der Waals surface area contributed by atoms with Crippen LogP contribution >= 0.6 is 0 Å². The fourth-order valence-electron chi connectivity index (χ4n) is 0.875. The summed E-state index contributed by atoms with van der Waals surface area (Å²) < 4.78 is 40.3. The topological polar surface area (TPSA) is 21.3 Å². The van der Waals surface area contributed by atoms with Crippen molar-refractivity contribution in [2.75, 3.05) is 12.4 Å². The summed E-state index contributed by atoms with van der Waals surface area (Å²) in [7, 11) is 1.53. The summed E-state index contributed by atoms with van der Waals surface area (Å²) in [5, 5.41) is 2.56. The van der Waals surface area contributed by atoms with Crippen molar-refractivity contribution in [2.45, 2.75) is 6.61 Å². The van der Waals surface area contributed by atoms with Crippen LogP contribution < -0.4 is 10.1 Å². The number of nitrogens with one attached hydrogen (secondary N) is 1. The van der Waals surface area contributed by atoms with E-state index < -0.39 is 12.4 Å². The normalized spacial score (nSPS) is 10.2. The fourth-order valence-corrected chi connectivity index (χ4v) is 0.875. The van der Waals surface area contributed by atoms with Crippen molar-refractivity contribution >= 4 is 5.69 Å². The number of alkyl halides is 2. The predicted molar refractivity (Wildman–Crippen MR) is 42.6 cm³/mol. The van der Waals surface area contributed by atoms with Gasteiger partial charge in [-0.15, -0.1) is 0 Å². The maximum absolute atomic E-state index is 12.9. The minimum Gasteiger partial charge on any atom is -0.435 e. The molecule has 0 atom stereocenters. The van der Waals surface area contributed by atoms with Crippen LogP contribution in [-0.2, 0) is 0 Å². The SMILES string of the molecule is CNc1ccc(OC(F)F)cc1F. The zero-order valence-corrected chi connectivity index (χ0v) is 6.85. The molecule has 0 aliphatic rings. The molecule has 0 spiro atoms. The monoisotopic (exact) mass is 191 g/mol. The molecule has 0 bridgehead atoms. The van der Waals surface area contributed by atoms with Crippen LogP contribution in [0, 0.1) is 5.82 Å². The molecule has 1 rings (SSSR count). The maximum Gasteiger partial charge on any atom is 0.387 e. The van der Waals surface area contributed by atoms with Gasteiger partial charge in [0.1, 0.15) is 11.6 Å². The van der Waals surface area contributed by atoms with E-state index in [4.69, 9.17) is 0 Å². The third kappa shape index (κ3) is 2.54. The van der Waals surface area contributed by atoms with Gasteiger partial charge < -0.3 is 10.1 Å². The van der Waals surface area contributed by atoms with Crippen molar-refractivity contribution in [3.63, 3.8) is 0 Å². The Labute approximate surface area is 73.3 Å². The molecule has 2 nitrogen and oxygen atoms in total. The van der Waals surface area contributed by atoms with Gasteiger partial charge in [0.25, 0.3) is 0 Å². The lowest BCUT2D eigenvalue weighted by molar-refractivity contribution is -0.0499. The molecule has 72 valence electrons. The number of benzene rings is 1. The number of ether oxygens (including phenoxy) is 1. The first-order chi connectivity index (χ1) is 6.13. The van der Waals surface area contributed by atoms with Gasteiger partial charge in [0.05, 0.1) is 5.69 Å². The van der Waals surface area contributed by atoms with E-state index in [1.807, 2.05) is 0 Å². The molecule has 0 aliphatic carbocycles. The van der Waals surface area contributed by atoms with Gasteiger partial charge in [-0.3, -0.25) is 0 Å². The molecule has 0 amide bonds. The van der Waals surface area contributed by atoms with Gasteiger partial charge in [-0.25, -0.2) is 4.39 Å². The Morgan fingerprint density at radius 1 is 1.38 bits per heavy atom. The average molecular weight is 191 g/mol. The van der Waals surface area contributed by atoms with Crippen LogP contribution in [0.1, 0.15) is 0 Å². The molecular formula is C8H8F3NO. The third-order valence-electron chi connectivity index (χ3n) is 1.44. The van der Waals surface area contributed by atoms with E-state index in [0.717, 1.165) is 6.07 Å². The summed E-state index contributed by atoms with van der Waals surface area (Å²) in [5.74, 6) is -0.813. The lowest BCUT2D eigenvalue weighted by Gasteiger charge is -2.06. The summed E-state index contributed by atoms with van der Waals surface area (Å²) in [5.41, 5.74) is 0.238. The van der Waals surface area contributed by atoms with Gasteiger partial charge in [-0.1, -0.05) is 0 Å². The molecule has 1 N–H and O–H groups in total. The Hall–Kier alpha value is -1.39. The first kappa shape index (κ1) is 9.70. The molecule has 1 aromatic rings. The molecule has 5 heteroatoms. The number of hydrogen-bond donors (Lipinski definition) is 1. The molecule has 0 saturated heterocycles. The Morgan fingerprint density at radius 2 is 2.08 bits per heavy atom. The minimum absolute atomic E-state index is 0.188. The van der Waals surface area contributed by atoms with Gasteiger partial charge in [-0.05, 0) is 12.1 Å². The van der Waals surface area contributed by atoms with Crippen LogP contribution in [0.4, 0.5) is 18.9 Å². The van der Waals surface area contributed by atoms with Crippen molar-refractivity contribution in [1.29, 1.82) is 0 Å². The fraction of sp³-hybridized carbons (Fsp3) is 0.250. The van der Waals surface area contributed by atoms with E-state index in [2.05, 4.69) is 10.1 Å².